The van der Waals surface area contributed by atoms with E-state index in [1.54, 1.807) is 0 Å². The monoisotopic (exact) mass is 303 g/mol. The molecule has 0 spiro atoms. The first kappa shape index (κ1) is 11.1. The molecule has 0 N–H and O–H groups in total. The van der Waals surface area contributed by atoms with Crippen molar-refractivity contribution in [2.75, 3.05) is 0 Å². The van der Waals surface area contributed by atoms with Gasteiger partial charge in [-0.1, -0.05) is 6.07 Å². The van der Waals surface area contributed by atoms with Gasteiger partial charge >= 0.3 is 6.01 Å². The van der Waals surface area contributed by atoms with Gasteiger partial charge in [0.2, 0.25) is 5.52 Å². The van der Waals surface area contributed by atoms with Crippen LogP contribution in [0, 0.1) is 0 Å². The average Bonchev–Trinajstić information content (AvgIpc) is 3.28. The molecule has 6 rings (SSSR count). The molecule has 0 amide bonds. The third kappa shape index (κ3) is 1.43. The highest BCUT2D eigenvalue weighted by atomic mass is 16.5. The van der Waals surface area contributed by atoms with Gasteiger partial charge in [0.25, 0.3) is 11.7 Å². The summed E-state index contributed by atoms with van der Waals surface area (Å²) in [4.78, 5) is 10.0. The summed E-state index contributed by atoms with van der Waals surface area (Å²) in [6.07, 6.45) is 1.53. The molecule has 0 atom stereocenters. The second kappa shape index (κ2) is 3.64. The summed E-state index contributed by atoms with van der Waals surface area (Å²) in [6, 6.07) is 12.0. The quantitative estimate of drug-likeness (QED) is 0.401. The molecule has 0 saturated heterocycles. The maximum atomic E-state index is 5.80. The summed E-state index contributed by atoms with van der Waals surface area (Å²) >= 11 is 0. The van der Waals surface area contributed by atoms with Crippen molar-refractivity contribution in [3.05, 3.63) is 42.6 Å². The third-order valence-corrected chi connectivity index (χ3v) is 3.94. The van der Waals surface area contributed by atoms with E-state index in [2.05, 4.69) is 15.1 Å². The Balaban J connectivity index is 1.82. The lowest BCUT2D eigenvalue weighted by Crippen LogP contribution is -2.31. The largest absolute Gasteiger partial charge is 0.567 e. The molecule has 8 bridgehead atoms. The maximum absolute atomic E-state index is 5.80. The Kier molecular flexibility index (Phi) is 1.76. The molecule has 0 radical (unpaired) electrons. The fourth-order valence-electron chi connectivity index (χ4n) is 2.81. The predicted molar refractivity (Wildman–Crippen MR) is 77.6 cm³/mol. The van der Waals surface area contributed by atoms with Gasteiger partial charge in [0.05, 0.1) is 0 Å². The topological polar surface area (TPSA) is 82.0 Å². The molecule has 0 unspecified atom stereocenters. The highest BCUT2D eigenvalue weighted by Crippen LogP contribution is 2.30. The van der Waals surface area contributed by atoms with Crippen LogP contribution in [0.25, 0.3) is 51.0 Å². The first-order valence-electron chi connectivity index (χ1n) is 7.04. The van der Waals surface area contributed by atoms with E-state index in [1.165, 1.54) is 11.1 Å². The van der Waals surface area contributed by atoms with Gasteiger partial charge in [-0.25, -0.2) is 4.98 Å². The molecule has 0 aliphatic carbocycles. The number of hydrogen-bond donors (Lipinski definition) is 0. The molecular weight excluding hydrogens is 296 g/mol. The van der Waals surface area contributed by atoms with Crippen molar-refractivity contribution >= 4 is 22.2 Å². The fourth-order valence-corrected chi connectivity index (χ4v) is 2.81. The van der Waals surface area contributed by atoms with E-state index in [4.69, 9.17) is 13.4 Å². The summed E-state index contributed by atoms with van der Waals surface area (Å²) in [6.45, 7) is 0. The zero-order valence-electron chi connectivity index (χ0n) is 11.6. The van der Waals surface area contributed by atoms with Crippen LogP contribution >= 0.6 is 0 Å². The number of hydrogen-bond acceptors (Lipinski definition) is 6. The Morgan fingerprint density at radius 2 is 1.57 bits per heavy atom. The smallest absolute Gasteiger partial charge is 0.433 e. The van der Waals surface area contributed by atoms with Gasteiger partial charge in [0.15, 0.2) is 11.2 Å². The van der Waals surface area contributed by atoms with E-state index in [0.717, 1.165) is 22.2 Å². The molecule has 4 heterocycles. The standard InChI is InChI=1S/C16H7N4O3/c1-3-10-12-5-8(1)9-2-4-11-13(6-9)22-16(19-11)20-17-7-14(23-20)15(18-10)21-12/h1-7H/q+1. The molecule has 7 nitrogen and oxygen atoms in total. The summed E-state index contributed by atoms with van der Waals surface area (Å²) in [5.74, 6) is 0.775. The van der Waals surface area contributed by atoms with Crippen LogP contribution in [0.3, 0.4) is 0 Å². The Bertz CT molecular complexity index is 1140. The van der Waals surface area contributed by atoms with Crippen molar-refractivity contribution < 1.29 is 18.2 Å². The van der Waals surface area contributed by atoms with E-state index in [9.17, 15) is 0 Å². The fraction of sp³-hybridized carbons (Fsp3) is 0. The van der Waals surface area contributed by atoms with Crippen LogP contribution in [-0.2, 0) is 0 Å². The van der Waals surface area contributed by atoms with Crippen molar-refractivity contribution in [1.29, 1.82) is 0 Å². The summed E-state index contributed by atoms with van der Waals surface area (Å²) < 4.78 is 17.2. The molecule has 2 aromatic carbocycles. The highest BCUT2D eigenvalue weighted by molar-refractivity contribution is 5.85. The van der Waals surface area contributed by atoms with Crippen LogP contribution in [0.4, 0.5) is 0 Å². The zero-order valence-corrected chi connectivity index (χ0v) is 11.6. The Hall–Kier alpha value is -3.48. The van der Waals surface area contributed by atoms with Crippen molar-refractivity contribution in [1.82, 2.24) is 15.1 Å². The number of nitrogens with zero attached hydrogens (tertiary/aromatic N) is 4. The number of fused-ring (bicyclic) bond motifs is 9. The molecule has 1 aliphatic heterocycles. The van der Waals surface area contributed by atoms with Gasteiger partial charge in [-0.05, 0) is 46.6 Å². The van der Waals surface area contributed by atoms with Crippen LogP contribution in [0.2, 0.25) is 0 Å². The van der Waals surface area contributed by atoms with E-state index in [-0.39, 0.29) is 6.01 Å². The molecule has 0 fully saturated rings. The number of benzene rings is 2. The van der Waals surface area contributed by atoms with Crippen molar-refractivity contribution in [2.45, 2.75) is 0 Å². The van der Waals surface area contributed by atoms with Crippen molar-refractivity contribution in [3.8, 4) is 28.8 Å². The SMILES string of the molecule is c1cc2nc3oc2cc1-c1ccc2nc(oc2c1)-[n+]1ncc-3o1. The molecule has 3 aromatic heterocycles. The Morgan fingerprint density at radius 3 is 2.39 bits per heavy atom. The Morgan fingerprint density at radius 1 is 0.826 bits per heavy atom. The lowest BCUT2D eigenvalue weighted by Gasteiger charge is -1.99. The highest BCUT2D eigenvalue weighted by Gasteiger charge is 2.26. The normalized spacial score (nSPS) is 12.3. The van der Waals surface area contributed by atoms with Crippen molar-refractivity contribution in [2.24, 2.45) is 0 Å². The minimum Gasteiger partial charge on any atom is -0.433 e. The third-order valence-electron chi connectivity index (χ3n) is 3.94. The van der Waals surface area contributed by atoms with Crippen LogP contribution in [0.15, 0.2) is 56.0 Å². The second-order valence-corrected chi connectivity index (χ2v) is 5.35. The van der Waals surface area contributed by atoms with Crippen molar-refractivity contribution in [3.63, 3.8) is 0 Å². The minimum atomic E-state index is 0.257. The predicted octanol–water partition coefficient (Wildman–Crippen LogP) is 2.88. The average molecular weight is 303 g/mol. The van der Waals surface area contributed by atoms with Crippen LogP contribution < -0.4 is 4.85 Å². The summed E-state index contributed by atoms with van der Waals surface area (Å²) in [5.41, 5.74) is 4.89. The second-order valence-electron chi connectivity index (χ2n) is 5.35. The zero-order chi connectivity index (χ0) is 15.0. The van der Waals surface area contributed by atoms with Crippen LogP contribution in [0.1, 0.15) is 0 Å². The van der Waals surface area contributed by atoms with Crippen LogP contribution in [-0.4, -0.2) is 15.1 Å². The number of oxazole rings is 2. The van der Waals surface area contributed by atoms with Gasteiger partial charge in [-0.15, -0.1) is 0 Å². The van der Waals surface area contributed by atoms with E-state index in [0.29, 0.717) is 22.8 Å². The van der Waals surface area contributed by atoms with E-state index in [1.807, 2.05) is 36.4 Å². The van der Waals surface area contributed by atoms with Gasteiger partial charge in [0.1, 0.15) is 16.6 Å². The molecule has 0 saturated carbocycles. The summed E-state index contributed by atoms with van der Waals surface area (Å²) in [7, 11) is 0. The lowest BCUT2D eigenvalue weighted by atomic mass is 10.1. The minimum absolute atomic E-state index is 0.257. The van der Waals surface area contributed by atoms with Crippen LogP contribution in [0.5, 0.6) is 0 Å². The molecule has 23 heavy (non-hydrogen) atoms. The lowest BCUT2D eigenvalue weighted by molar-refractivity contribution is -0.841. The van der Waals surface area contributed by atoms with E-state index >= 15 is 0 Å². The van der Waals surface area contributed by atoms with E-state index < -0.39 is 0 Å². The first-order valence-corrected chi connectivity index (χ1v) is 7.04. The van der Waals surface area contributed by atoms with Gasteiger partial charge in [-0.3, -0.25) is 4.52 Å². The molecule has 108 valence electrons. The van der Waals surface area contributed by atoms with Gasteiger partial charge in [0, 0.05) is 4.98 Å². The molecule has 5 aromatic rings. The number of rotatable bonds is 0. The Labute approximate surface area is 127 Å². The van der Waals surface area contributed by atoms with Gasteiger partial charge < -0.3 is 8.83 Å². The molecule has 7 heteroatoms. The number of aromatic nitrogens is 4. The maximum Gasteiger partial charge on any atom is 0.567 e. The molecule has 1 aliphatic rings. The first-order chi connectivity index (χ1) is 11.3. The van der Waals surface area contributed by atoms with Gasteiger partial charge in [-0.2, -0.15) is 0 Å². The molecular formula is C16H7N4O3+. The summed E-state index contributed by atoms with van der Waals surface area (Å²) in [5, 5.41) is 4.13.